The van der Waals surface area contributed by atoms with Crippen LogP contribution in [0.25, 0.3) is 11.3 Å². The third-order valence-electron chi connectivity index (χ3n) is 4.53. The van der Waals surface area contributed by atoms with Gasteiger partial charge in [-0.25, -0.2) is 4.98 Å². The van der Waals surface area contributed by atoms with E-state index in [4.69, 9.17) is 23.8 Å². The lowest BCUT2D eigenvalue weighted by Crippen LogP contribution is -2.38. The molecule has 4 N–H and O–H groups in total. The topological polar surface area (TPSA) is 123 Å². The number of aromatic nitrogens is 2. The van der Waals surface area contributed by atoms with Gasteiger partial charge in [0.1, 0.15) is 22.0 Å². The smallest absolute Gasteiger partial charge is 0.270 e. The molecule has 160 valence electrons. The number of carbonyl (C=O) groups excluding carboxylic acids is 1. The van der Waals surface area contributed by atoms with Gasteiger partial charge in [0.2, 0.25) is 11.9 Å². The van der Waals surface area contributed by atoms with Gasteiger partial charge >= 0.3 is 0 Å². The van der Waals surface area contributed by atoms with Gasteiger partial charge in [0, 0.05) is 27.7 Å². The minimum absolute atomic E-state index is 0.130. The van der Waals surface area contributed by atoms with Crippen molar-refractivity contribution in [2.24, 2.45) is 0 Å². The molecule has 4 rings (SSSR count). The third-order valence-corrected chi connectivity index (χ3v) is 6.13. The highest BCUT2D eigenvalue weighted by Crippen LogP contribution is 2.25. The number of thiocarbonyl (C=S) groups is 1. The largest absolute Gasteiger partial charge is 0.359 e. The van der Waals surface area contributed by atoms with Crippen molar-refractivity contribution in [3.63, 3.8) is 0 Å². The molecule has 1 aromatic heterocycles. The molecule has 0 saturated carbocycles. The third kappa shape index (κ3) is 4.91. The van der Waals surface area contributed by atoms with Gasteiger partial charge in [-0.1, -0.05) is 47.7 Å². The number of nitriles is 1. The molecule has 3 aromatic rings. The summed E-state index contributed by atoms with van der Waals surface area (Å²) < 4.78 is 0.589. The first-order valence-electron chi connectivity index (χ1n) is 9.34. The van der Waals surface area contributed by atoms with Crippen molar-refractivity contribution in [1.82, 2.24) is 15.3 Å². The minimum atomic E-state index is -0.580. The Labute approximate surface area is 197 Å². The lowest BCUT2D eigenvalue weighted by Gasteiger charge is -2.12. The number of hydrogen-bond donors (Lipinski definition) is 4. The molecule has 32 heavy (non-hydrogen) atoms. The van der Waals surface area contributed by atoms with E-state index in [0.717, 1.165) is 0 Å². The van der Waals surface area contributed by atoms with Crippen molar-refractivity contribution < 1.29 is 4.79 Å². The molecule has 0 bridgehead atoms. The number of amides is 1. The Morgan fingerprint density at radius 3 is 2.72 bits per heavy atom. The standard InChI is InChI=1S/C21H15ClN6O2S2/c22-12-4-6-13(7-5-12)25-20-27-17(15(9-23)18(29)28-20)11-2-1-3-14(8-11)24-19(30)16-10-32-21(31)26-16/h1-8,16H,10H2,(H,24,30)(H,26,31)(H2,25,27,28,29). The number of benzene rings is 2. The summed E-state index contributed by atoms with van der Waals surface area (Å²) in [7, 11) is 0. The van der Waals surface area contributed by atoms with E-state index in [1.807, 2.05) is 6.07 Å². The number of carbonyl (C=O) groups is 1. The van der Waals surface area contributed by atoms with Crippen molar-refractivity contribution in [2.75, 3.05) is 16.4 Å². The van der Waals surface area contributed by atoms with E-state index >= 15 is 0 Å². The van der Waals surface area contributed by atoms with Gasteiger partial charge in [0.15, 0.2) is 0 Å². The van der Waals surface area contributed by atoms with Crippen LogP contribution >= 0.6 is 35.6 Å². The number of H-pyrrole nitrogens is 1. The Kier molecular flexibility index (Phi) is 6.41. The quantitative estimate of drug-likeness (QED) is 0.406. The SMILES string of the molecule is N#Cc1c(-c2cccc(NC(=O)C3CSC(=S)N3)c2)nc(Nc2ccc(Cl)cc2)[nH]c1=O. The number of aromatic amines is 1. The molecule has 2 heterocycles. The van der Waals surface area contributed by atoms with Gasteiger partial charge < -0.3 is 16.0 Å². The fourth-order valence-electron chi connectivity index (χ4n) is 3.01. The predicted octanol–water partition coefficient (Wildman–Crippen LogP) is 3.63. The highest BCUT2D eigenvalue weighted by atomic mass is 35.5. The summed E-state index contributed by atoms with van der Waals surface area (Å²) in [6.45, 7) is 0. The minimum Gasteiger partial charge on any atom is -0.359 e. The summed E-state index contributed by atoms with van der Waals surface area (Å²) in [5, 5.41) is 18.9. The van der Waals surface area contributed by atoms with Crippen LogP contribution in [0.2, 0.25) is 5.02 Å². The van der Waals surface area contributed by atoms with E-state index in [1.54, 1.807) is 48.5 Å². The van der Waals surface area contributed by atoms with Crippen LogP contribution in [-0.2, 0) is 4.79 Å². The molecule has 1 aliphatic heterocycles. The van der Waals surface area contributed by atoms with Crippen LogP contribution < -0.4 is 21.5 Å². The van der Waals surface area contributed by atoms with E-state index in [1.165, 1.54) is 11.8 Å². The summed E-state index contributed by atoms with van der Waals surface area (Å²) in [5.41, 5.74) is 1.16. The first-order chi connectivity index (χ1) is 15.4. The average molecular weight is 483 g/mol. The lowest BCUT2D eigenvalue weighted by molar-refractivity contribution is -0.117. The van der Waals surface area contributed by atoms with Crippen LogP contribution in [0, 0.1) is 11.3 Å². The fraction of sp³-hybridized carbons (Fsp3) is 0.0952. The molecule has 0 aliphatic carbocycles. The molecular weight excluding hydrogens is 468 g/mol. The summed E-state index contributed by atoms with van der Waals surface area (Å²) >= 11 is 12.4. The number of anilines is 3. The van der Waals surface area contributed by atoms with Crippen LogP contribution in [0.5, 0.6) is 0 Å². The molecular formula is C21H15ClN6O2S2. The van der Waals surface area contributed by atoms with Crippen LogP contribution in [0.4, 0.5) is 17.3 Å². The zero-order valence-corrected chi connectivity index (χ0v) is 18.7. The van der Waals surface area contributed by atoms with Gasteiger partial charge in [-0.2, -0.15) is 5.26 Å². The monoisotopic (exact) mass is 482 g/mol. The van der Waals surface area contributed by atoms with Crippen molar-refractivity contribution >= 4 is 63.1 Å². The normalized spacial score (nSPS) is 15.0. The van der Waals surface area contributed by atoms with E-state index < -0.39 is 11.6 Å². The van der Waals surface area contributed by atoms with Crippen LogP contribution in [0.1, 0.15) is 5.56 Å². The van der Waals surface area contributed by atoms with Crippen LogP contribution in [0.3, 0.4) is 0 Å². The molecule has 1 unspecified atom stereocenters. The Bertz CT molecular complexity index is 1300. The van der Waals surface area contributed by atoms with E-state index in [2.05, 4.69) is 25.9 Å². The maximum absolute atomic E-state index is 12.5. The molecule has 1 saturated heterocycles. The van der Waals surface area contributed by atoms with Crippen LogP contribution in [-0.4, -0.2) is 32.0 Å². The van der Waals surface area contributed by atoms with Gasteiger partial charge in [-0.15, -0.1) is 0 Å². The highest BCUT2D eigenvalue weighted by molar-refractivity contribution is 8.23. The van der Waals surface area contributed by atoms with Crippen molar-refractivity contribution in [3.8, 4) is 17.3 Å². The van der Waals surface area contributed by atoms with E-state index in [0.29, 0.717) is 32.0 Å². The van der Waals surface area contributed by atoms with Crippen molar-refractivity contribution in [1.29, 1.82) is 5.26 Å². The Hall–Kier alpha value is -3.39. The van der Waals surface area contributed by atoms with Gasteiger partial charge in [-0.3, -0.25) is 14.6 Å². The number of hydrogen-bond acceptors (Lipinski definition) is 7. The number of halogens is 1. The number of thioether (sulfide) groups is 1. The van der Waals surface area contributed by atoms with Crippen molar-refractivity contribution in [2.45, 2.75) is 6.04 Å². The molecule has 1 atom stereocenters. The second-order valence-electron chi connectivity index (χ2n) is 6.75. The predicted molar refractivity (Wildman–Crippen MR) is 130 cm³/mol. The van der Waals surface area contributed by atoms with E-state index in [-0.39, 0.29) is 23.1 Å². The van der Waals surface area contributed by atoms with Crippen LogP contribution in [0.15, 0.2) is 53.3 Å². The maximum atomic E-state index is 12.5. The molecule has 0 spiro atoms. The van der Waals surface area contributed by atoms with Gasteiger partial charge in [0.25, 0.3) is 5.56 Å². The highest BCUT2D eigenvalue weighted by Gasteiger charge is 2.26. The fourth-order valence-corrected chi connectivity index (χ4v) is 4.27. The second-order valence-corrected chi connectivity index (χ2v) is 8.88. The zero-order chi connectivity index (χ0) is 22.7. The summed E-state index contributed by atoms with van der Waals surface area (Å²) in [4.78, 5) is 32.0. The number of rotatable bonds is 5. The maximum Gasteiger partial charge on any atom is 0.270 e. The first kappa shape index (κ1) is 21.8. The molecule has 1 aliphatic rings. The number of nitrogens with one attached hydrogen (secondary N) is 4. The molecule has 0 radical (unpaired) electrons. The summed E-state index contributed by atoms with van der Waals surface area (Å²) in [6.07, 6.45) is 0. The summed E-state index contributed by atoms with van der Waals surface area (Å²) in [5.74, 6) is 0.499. The van der Waals surface area contributed by atoms with Crippen molar-refractivity contribution in [3.05, 3.63) is 69.5 Å². The Morgan fingerprint density at radius 2 is 2.03 bits per heavy atom. The molecule has 2 aromatic carbocycles. The molecule has 8 nitrogen and oxygen atoms in total. The first-order valence-corrected chi connectivity index (χ1v) is 11.1. The lowest BCUT2D eigenvalue weighted by atomic mass is 10.1. The van der Waals surface area contributed by atoms with Gasteiger partial charge in [0.05, 0.1) is 5.69 Å². The Balaban J connectivity index is 1.64. The molecule has 11 heteroatoms. The Morgan fingerprint density at radius 1 is 1.25 bits per heavy atom. The average Bonchev–Trinajstić information content (AvgIpc) is 3.22. The zero-order valence-electron chi connectivity index (χ0n) is 16.3. The molecule has 1 amide bonds. The second kappa shape index (κ2) is 9.40. The van der Waals surface area contributed by atoms with Gasteiger partial charge in [-0.05, 0) is 36.4 Å². The number of nitrogens with zero attached hydrogens (tertiary/aromatic N) is 2. The van der Waals surface area contributed by atoms with E-state index in [9.17, 15) is 14.9 Å². The summed E-state index contributed by atoms with van der Waals surface area (Å²) in [6, 6.07) is 15.1. The molecule has 1 fully saturated rings.